The molecule has 1 aliphatic carbocycles. The number of hydrogen-bond acceptors (Lipinski definition) is 4. The topological polar surface area (TPSA) is 79.6 Å². The summed E-state index contributed by atoms with van der Waals surface area (Å²) in [6.07, 6.45) is 6.94. The Morgan fingerprint density at radius 1 is 1.03 bits per heavy atom. The second-order valence-electron chi connectivity index (χ2n) is 7.83. The minimum atomic E-state index is -0.244. The number of fused-ring (bicyclic) bond motifs is 1. The van der Waals surface area contributed by atoms with Gasteiger partial charge in [0.1, 0.15) is 5.69 Å². The maximum atomic E-state index is 13.0. The van der Waals surface area contributed by atoms with Crippen molar-refractivity contribution in [1.29, 1.82) is 0 Å². The first-order valence-corrected chi connectivity index (χ1v) is 10.7. The molecule has 2 amide bonds. The van der Waals surface area contributed by atoms with Gasteiger partial charge in [0.15, 0.2) is 5.65 Å². The first-order valence-electron chi connectivity index (χ1n) is 10.3. The number of nitrogens with zero attached hydrogens (tertiary/aromatic N) is 4. The minimum absolute atomic E-state index is 0.0755. The smallest absolute Gasteiger partial charge is 0.278 e. The van der Waals surface area contributed by atoms with Crippen LogP contribution in [0.15, 0.2) is 67.1 Å². The molecule has 1 N–H and O–H groups in total. The molecule has 1 fully saturated rings. The van der Waals surface area contributed by atoms with Gasteiger partial charge in [0.2, 0.25) is 5.91 Å². The zero-order valence-electron chi connectivity index (χ0n) is 17.3. The molecular formula is C24H20ClN5O2. The summed E-state index contributed by atoms with van der Waals surface area (Å²) >= 11 is 5.95. The molecule has 0 radical (unpaired) electrons. The van der Waals surface area contributed by atoms with Crippen molar-refractivity contribution in [3.05, 3.63) is 77.8 Å². The van der Waals surface area contributed by atoms with Gasteiger partial charge in [-0.2, -0.15) is 0 Å². The Labute approximate surface area is 189 Å². The summed E-state index contributed by atoms with van der Waals surface area (Å²) in [6.45, 7) is 0. The van der Waals surface area contributed by atoms with E-state index in [0.29, 0.717) is 16.4 Å². The van der Waals surface area contributed by atoms with Gasteiger partial charge in [0, 0.05) is 41.1 Å². The van der Waals surface area contributed by atoms with Gasteiger partial charge in [-0.1, -0.05) is 23.7 Å². The van der Waals surface area contributed by atoms with Crippen LogP contribution in [0.1, 0.15) is 23.3 Å². The lowest BCUT2D eigenvalue weighted by Gasteiger charge is -2.17. The summed E-state index contributed by atoms with van der Waals surface area (Å²) < 4.78 is 1.84. The van der Waals surface area contributed by atoms with E-state index in [0.717, 1.165) is 35.5 Å². The fraction of sp³-hybridized carbons (Fsp3) is 0.167. The van der Waals surface area contributed by atoms with Crippen LogP contribution < -0.4 is 10.2 Å². The summed E-state index contributed by atoms with van der Waals surface area (Å²) in [7, 11) is 1.70. The molecule has 0 bridgehead atoms. The average Bonchev–Trinajstić information content (AvgIpc) is 3.59. The molecular weight excluding hydrogens is 426 g/mol. The molecule has 5 rings (SSSR count). The number of aromatic nitrogens is 3. The second kappa shape index (κ2) is 8.09. The number of nitrogens with one attached hydrogen (secondary N) is 1. The van der Waals surface area contributed by atoms with Gasteiger partial charge in [-0.3, -0.25) is 14.0 Å². The maximum Gasteiger partial charge on any atom is 0.278 e. The van der Waals surface area contributed by atoms with Crippen molar-refractivity contribution in [1.82, 2.24) is 14.4 Å². The van der Waals surface area contributed by atoms with Gasteiger partial charge in [0.05, 0.1) is 18.1 Å². The summed E-state index contributed by atoms with van der Waals surface area (Å²) in [5, 5.41) is 3.55. The third kappa shape index (κ3) is 3.94. The molecule has 4 aromatic rings. The van der Waals surface area contributed by atoms with Gasteiger partial charge in [-0.05, 0) is 49.2 Å². The van der Waals surface area contributed by atoms with E-state index in [1.807, 2.05) is 28.7 Å². The van der Waals surface area contributed by atoms with E-state index in [-0.39, 0.29) is 17.7 Å². The Morgan fingerprint density at radius 2 is 1.75 bits per heavy atom. The Hall–Kier alpha value is -3.71. The number of amides is 2. The average molecular weight is 446 g/mol. The highest BCUT2D eigenvalue weighted by atomic mass is 35.5. The lowest BCUT2D eigenvalue weighted by atomic mass is 10.1. The summed E-state index contributed by atoms with van der Waals surface area (Å²) in [5.74, 6) is -0.0125. The van der Waals surface area contributed by atoms with E-state index < -0.39 is 0 Å². The molecule has 160 valence electrons. The van der Waals surface area contributed by atoms with Gasteiger partial charge in [-0.25, -0.2) is 9.97 Å². The maximum absolute atomic E-state index is 13.0. The number of carbonyl (C=O) groups excluding carboxylic acids is 2. The largest absolute Gasteiger partial charge is 0.326 e. The van der Waals surface area contributed by atoms with Crippen molar-refractivity contribution < 1.29 is 9.59 Å². The number of benzene rings is 2. The molecule has 1 aliphatic rings. The van der Waals surface area contributed by atoms with E-state index in [1.54, 1.807) is 49.9 Å². The Morgan fingerprint density at radius 3 is 2.44 bits per heavy atom. The number of imidazole rings is 1. The van der Waals surface area contributed by atoms with Crippen molar-refractivity contribution >= 4 is 40.4 Å². The molecule has 0 unspecified atom stereocenters. The Bertz CT molecular complexity index is 1310. The highest BCUT2D eigenvalue weighted by Crippen LogP contribution is 2.30. The van der Waals surface area contributed by atoms with E-state index in [1.165, 1.54) is 4.90 Å². The third-order valence-electron chi connectivity index (χ3n) is 5.53. The van der Waals surface area contributed by atoms with Crippen molar-refractivity contribution in [2.75, 3.05) is 17.3 Å². The summed E-state index contributed by atoms with van der Waals surface area (Å²) in [5.41, 5.74) is 4.15. The van der Waals surface area contributed by atoms with Crippen LogP contribution >= 0.6 is 11.6 Å². The fourth-order valence-electron chi connectivity index (χ4n) is 3.48. The van der Waals surface area contributed by atoms with Crippen LogP contribution in [0.25, 0.3) is 16.9 Å². The predicted octanol–water partition coefficient (Wildman–Crippen LogP) is 4.67. The quantitative estimate of drug-likeness (QED) is 0.484. The van der Waals surface area contributed by atoms with Crippen LogP contribution in [-0.2, 0) is 4.79 Å². The standard InChI is InChI=1S/C24H20ClN5O2/c1-29(19-10-6-17(25)7-11-19)24(32)20-14-30-21(12-27-22(30)13-26-20)15-4-8-18(9-5-15)28-23(31)16-2-3-16/h4-14,16H,2-3H2,1H3,(H,28,31). The number of rotatable bonds is 5. The van der Waals surface area contributed by atoms with Crippen LogP contribution in [0.5, 0.6) is 0 Å². The molecule has 2 aromatic heterocycles. The number of hydrogen-bond donors (Lipinski definition) is 1. The zero-order valence-corrected chi connectivity index (χ0v) is 18.1. The van der Waals surface area contributed by atoms with Gasteiger partial charge < -0.3 is 10.2 Å². The Balaban J connectivity index is 1.41. The molecule has 0 atom stereocenters. The third-order valence-corrected chi connectivity index (χ3v) is 5.78. The van der Waals surface area contributed by atoms with Gasteiger partial charge in [-0.15, -0.1) is 0 Å². The van der Waals surface area contributed by atoms with E-state index in [2.05, 4.69) is 15.3 Å². The molecule has 8 heteroatoms. The van der Waals surface area contributed by atoms with Crippen molar-refractivity contribution in [3.63, 3.8) is 0 Å². The number of anilines is 2. The molecule has 0 spiro atoms. The second-order valence-corrected chi connectivity index (χ2v) is 8.26. The molecule has 2 heterocycles. The molecule has 7 nitrogen and oxygen atoms in total. The SMILES string of the molecule is CN(C(=O)c1cn2c(-c3ccc(NC(=O)C4CC4)cc3)cnc2cn1)c1ccc(Cl)cc1. The first-order chi connectivity index (χ1) is 15.5. The van der Waals surface area contributed by atoms with Crippen LogP contribution in [0, 0.1) is 5.92 Å². The molecule has 1 saturated carbocycles. The highest BCUT2D eigenvalue weighted by molar-refractivity contribution is 6.30. The fourth-order valence-corrected chi connectivity index (χ4v) is 3.61. The van der Waals surface area contributed by atoms with Crippen LogP contribution in [0.2, 0.25) is 5.02 Å². The summed E-state index contributed by atoms with van der Waals surface area (Å²) in [4.78, 5) is 35.2. The summed E-state index contributed by atoms with van der Waals surface area (Å²) in [6, 6.07) is 14.6. The predicted molar refractivity (Wildman–Crippen MR) is 124 cm³/mol. The minimum Gasteiger partial charge on any atom is -0.326 e. The number of carbonyl (C=O) groups is 2. The van der Waals surface area contributed by atoms with Gasteiger partial charge >= 0.3 is 0 Å². The van der Waals surface area contributed by atoms with Crippen molar-refractivity contribution in [3.8, 4) is 11.3 Å². The molecule has 0 saturated heterocycles. The lowest BCUT2D eigenvalue weighted by molar-refractivity contribution is -0.117. The van der Waals surface area contributed by atoms with Crippen LogP contribution in [0.3, 0.4) is 0 Å². The van der Waals surface area contributed by atoms with Crippen LogP contribution in [0.4, 0.5) is 11.4 Å². The van der Waals surface area contributed by atoms with E-state index >= 15 is 0 Å². The lowest BCUT2D eigenvalue weighted by Crippen LogP contribution is -2.27. The van der Waals surface area contributed by atoms with Crippen molar-refractivity contribution in [2.45, 2.75) is 12.8 Å². The molecule has 2 aromatic carbocycles. The van der Waals surface area contributed by atoms with Crippen LogP contribution in [-0.4, -0.2) is 33.2 Å². The normalized spacial score (nSPS) is 13.2. The van der Waals surface area contributed by atoms with Gasteiger partial charge in [0.25, 0.3) is 5.91 Å². The van der Waals surface area contributed by atoms with Crippen molar-refractivity contribution in [2.24, 2.45) is 5.92 Å². The number of halogens is 1. The highest BCUT2D eigenvalue weighted by Gasteiger charge is 2.29. The zero-order chi connectivity index (χ0) is 22.2. The molecule has 32 heavy (non-hydrogen) atoms. The van der Waals surface area contributed by atoms with E-state index in [4.69, 9.17) is 11.6 Å². The monoisotopic (exact) mass is 445 g/mol. The van der Waals surface area contributed by atoms with E-state index in [9.17, 15) is 9.59 Å². The first kappa shape index (κ1) is 20.2. The Kier molecular flexibility index (Phi) is 5.11. The molecule has 0 aliphatic heterocycles.